The Morgan fingerprint density at radius 2 is 1.90 bits per heavy atom. The van der Waals surface area contributed by atoms with E-state index in [1.165, 1.54) is 29.5 Å². The van der Waals surface area contributed by atoms with E-state index in [4.69, 9.17) is 4.74 Å². The molecule has 2 aromatic rings. The van der Waals surface area contributed by atoms with Gasteiger partial charge in [0.05, 0.1) is 0 Å². The highest BCUT2D eigenvalue weighted by Gasteiger charge is 2.20. The van der Waals surface area contributed by atoms with Crippen molar-refractivity contribution in [1.82, 2.24) is 5.32 Å². The number of rotatable bonds is 6. The summed E-state index contributed by atoms with van der Waals surface area (Å²) in [6.45, 7) is 5.27. The molecule has 0 heterocycles. The van der Waals surface area contributed by atoms with Crippen molar-refractivity contribution in [1.29, 1.82) is 0 Å². The molecule has 1 N–H and O–H groups in total. The summed E-state index contributed by atoms with van der Waals surface area (Å²) in [5.41, 5.74) is 3.89. The Kier molecular flexibility index (Phi) is 4.26. The second-order valence-corrected chi connectivity index (χ2v) is 5.81. The van der Waals surface area contributed by atoms with Crippen LogP contribution in [0.2, 0.25) is 0 Å². The van der Waals surface area contributed by atoms with Crippen LogP contribution in [0.3, 0.4) is 0 Å². The van der Waals surface area contributed by atoms with Crippen LogP contribution < -0.4 is 10.1 Å². The van der Waals surface area contributed by atoms with Gasteiger partial charge >= 0.3 is 0 Å². The van der Waals surface area contributed by atoms with Crippen molar-refractivity contribution in [3.63, 3.8) is 0 Å². The topological polar surface area (TPSA) is 21.3 Å². The number of aryl methyl sites for hydroxylation is 2. The Labute approximate surface area is 127 Å². The van der Waals surface area contributed by atoms with Crippen molar-refractivity contribution in [3.8, 4) is 11.5 Å². The van der Waals surface area contributed by atoms with Gasteiger partial charge in [0.1, 0.15) is 11.5 Å². The average molecular weight is 281 g/mol. The van der Waals surface area contributed by atoms with Gasteiger partial charge in [0.15, 0.2) is 0 Å². The zero-order valence-electron chi connectivity index (χ0n) is 12.9. The molecule has 21 heavy (non-hydrogen) atoms. The predicted octanol–water partition coefficient (Wildman–Crippen LogP) is 4.60. The van der Waals surface area contributed by atoms with Crippen LogP contribution in [-0.4, -0.2) is 6.04 Å². The van der Waals surface area contributed by atoms with Gasteiger partial charge in [-0.05, 0) is 61.1 Å². The first kappa shape index (κ1) is 14.2. The van der Waals surface area contributed by atoms with Crippen molar-refractivity contribution in [3.05, 3.63) is 59.2 Å². The van der Waals surface area contributed by atoms with Crippen LogP contribution in [0.5, 0.6) is 11.5 Å². The Bertz CT molecular complexity index is 617. The monoisotopic (exact) mass is 281 g/mol. The average Bonchev–Trinajstić information content (AvgIpc) is 3.31. The van der Waals surface area contributed by atoms with Crippen LogP contribution in [0, 0.1) is 6.92 Å². The SMILES string of the molecule is CCc1ccccc1Oc1ccc(CNC2CC2)c(C)c1. The molecule has 1 saturated carbocycles. The van der Waals surface area contributed by atoms with Crippen LogP contribution >= 0.6 is 0 Å². The molecule has 2 aromatic carbocycles. The molecule has 0 atom stereocenters. The highest BCUT2D eigenvalue weighted by Crippen LogP contribution is 2.27. The van der Waals surface area contributed by atoms with E-state index >= 15 is 0 Å². The summed E-state index contributed by atoms with van der Waals surface area (Å²) in [4.78, 5) is 0. The lowest BCUT2D eigenvalue weighted by Crippen LogP contribution is -2.15. The molecule has 0 bridgehead atoms. The van der Waals surface area contributed by atoms with Gasteiger partial charge in [-0.3, -0.25) is 0 Å². The van der Waals surface area contributed by atoms with Crippen molar-refractivity contribution in [2.45, 2.75) is 45.7 Å². The molecule has 2 nitrogen and oxygen atoms in total. The molecule has 0 spiro atoms. The molecule has 1 aliphatic carbocycles. The third kappa shape index (κ3) is 3.64. The zero-order valence-corrected chi connectivity index (χ0v) is 12.9. The van der Waals surface area contributed by atoms with E-state index in [9.17, 15) is 0 Å². The maximum atomic E-state index is 6.05. The first-order valence-corrected chi connectivity index (χ1v) is 7.85. The summed E-state index contributed by atoms with van der Waals surface area (Å²) in [7, 11) is 0. The molecular weight excluding hydrogens is 258 g/mol. The van der Waals surface area contributed by atoms with Crippen LogP contribution in [-0.2, 0) is 13.0 Å². The molecule has 0 saturated heterocycles. The van der Waals surface area contributed by atoms with E-state index in [0.29, 0.717) is 0 Å². The second-order valence-electron chi connectivity index (χ2n) is 5.81. The Morgan fingerprint density at radius 1 is 1.10 bits per heavy atom. The van der Waals surface area contributed by atoms with Gasteiger partial charge in [0.2, 0.25) is 0 Å². The highest BCUT2D eigenvalue weighted by atomic mass is 16.5. The first-order chi connectivity index (χ1) is 10.3. The largest absolute Gasteiger partial charge is 0.457 e. The minimum Gasteiger partial charge on any atom is -0.457 e. The molecule has 0 unspecified atom stereocenters. The van der Waals surface area contributed by atoms with Gasteiger partial charge < -0.3 is 10.1 Å². The van der Waals surface area contributed by atoms with Crippen LogP contribution in [0.25, 0.3) is 0 Å². The number of hydrogen-bond acceptors (Lipinski definition) is 2. The third-order valence-corrected chi connectivity index (χ3v) is 4.05. The lowest BCUT2D eigenvalue weighted by atomic mass is 10.1. The Balaban J connectivity index is 1.71. The minimum atomic E-state index is 0.747. The van der Waals surface area contributed by atoms with Crippen molar-refractivity contribution in [2.24, 2.45) is 0 Å². The van der Waals surface area contributed by atoms with Crippen molar-refractivity contribution >= 4 is 0 Å². The molecule has 0 radical (unpaired) electrons. The summed E-state index contributed by atoms with van der Waals surface area (Å²) >= 11 is 0. The number of benzene rings is 2. The lowest BCUT2D eigenvalue weighted by molar-refractivity contribution is 0.476. The second kappa shape index (κ2) is 6.31. The standard InChI is InChI=1S/C19H23NO/c1-3-15-6-4-5-7-19(15)21-18-11-8-16(14(2)12-18)13-20-17-9-10-17/h4-8,11-12,17,20H,3,9-10,13H2,1-2H3. The van der Waals surface area contributed by atoms with Gasteiger partial charge in [-0.1, -0.05) is 31.2 Å². The van der Waals surface area contributed by atoms with E-state index in [1.807, 2.05) is 12.1 Å². The van der Waals surface area contributed by atoms with Crippen LogP contribution in [0.15, 0.2) is 42.5 Å². The van der Waals surface area contributed by atoms with Gasteiger partial charge in [-0.15, -0.1) is 0 Å². The maximum Gasteiger partial charge on any atom is 0.130 e. The van der Waals surface area contributed by atoms with Crippen LogP contribution in [0.1, 0.15) is 36.5 Å². The Morgan fingerprint density at radius 3 is 2.62 bits per heavy atom. The fraction of sp³-hybridized carbons (Fsp3) is 0.368. The number of para-hydroxylation sites is 1. The van der Waals surface area contributed by atoms with E-state index in [2.05, 4.69) is 49.5 Å². The molecular formula is C19H23NO. The van der Waals surface area contributed by atoms with Crippen LogP contribution in [0.4, 0.5) is 0 Å². The maximum absolute atomic E-state index is 6.05. The fourth-order valence-electron chi connectivity index (χ4n) is 2.49. The lowest BCUT2D eigenvalue weighted by Gasteiger charge is -2.12. The first-order valence-electron chi connectivity index (χ1n) is 7.85. The van der Waals surface area contributed by atoms with E-state index in [1.54, 1.807) is 0 Å². The molecule has 110 valence electrons. The van der Waals surface area contributed by atoms with Crippen molar-refractivity contribution < 1.29 is 4.74 Å². The summed E-state index contributed by atoms with van der Waals surface area (Å²) in [6.07, 6.45) is 3.64. The molecule has 0 amide bonds. The normalized spacial score (nSPS) is 14.2. The number of ether oxygens (including phenoxy) is 1. The third-order valence-electron chi connectivity index (χ3n) is 4.05. The predicted molar refractivity (Wildman–Crippen MR) is 86.9 cm³/mol. The quantitative estimate of drug-likeness (QED) is 0.835. The number of nitrogens with one attached hydrogen (secondary N) is 1. The molecule has 3 rings (SSSR count). The van der Waals surface area contributed by atoms with Gasteiger partial charge in [0, 0.05) is 12.6 Å². The molecule has 1 fully saturated rings. The summed E-state index contributed by atoms with van der Waals surface area (Å²) in [5, 5.41) is 3.56. The highest BCUT2D eigenvalue weighted by molar-refractivity contribution is 5.41. The van der Waals surface area contributed by atoms with E-state index < -0.39 is 0 Å². The van der Waals surface area contributed by atoms with E-state index in [0.717, 1.165) is 30.5 Å². The molecule has 0 aromatic heterocycles. The fourth-order valence-corrected chi connectivity index (χ4v) is 2.49. The smallest absolute Gasteiger partial charge is 0.130 e. The van der Waals surface area contributed by atoms with Gasteiger partial charge in [-0.25, -0.2) is 0 Å². The van der Waals surface area contributed by atoms with Gasteiger partial charge in [0.25, 0.3) is 0 Å². The summed E-state index contributed by atoms with van der Waals surface area (Å²) in [5.74, 6) is 1.88. The molecule has 2 heteroatoms. The number of hydrogen-bond donors (Lipinski definition) is 1. The van der Waals surface area contributed by atoms with E-state index in [-0.39, 0.29) is 0 Å². The Hall–Kier alpha value is -1.80. The summed E-state index contributed by atoms with van der Waals surface area (Å²) in [6, 6.07) is 15.4. The minimum absolute atomic E-state index is 0.747. The van der Waals surface area contributed by atoms with Gasteiger partial charge in [-0.2, -0.15) is 0 Å². The zero-order chi connectivity index (χ0) is 14.7. The molecule has 1 aliphatic rings. The molecule has 0 aliphatic heterocycles. The summed E-state index contributed by atoms with van der Waals surface area (Å²) < 4.78 is 6.05. The van der Waals surface area contributed by atoms with Crippen molar-refractivity contribution in [2.75, 3.05) is 0 Å².